The van der Waals surface area contributed by atoms with Crippen LogP contribution in [0.1, 0.15) is 9.88 Å². The van der Waals surface area contributed by atoms with E-state index in [4.69, 9.17) is 0 Å². The molecule has 0 aliphatic heterocycles. The van der Waals surface area contributed by atoms with E-state index >= 15 is 0 Å². The van der Waals surface area contributed by atoms with Crippen LogP contribution in [0.2, 0.25) is 0 Å². The van der Waals surface area contributed by atoms with Crippen molar-refractivity contribution in [2.24, 2.45) is 7.05 Å². The molecule has 0 amide bonds. The highest BCUT2D eigenvalue weighted by Crippen LogP contribution is 2.12. The molecule has 0 atom stereocenters. The number of thiazole rings is 1. The molecule has 0 N–H and O–H groups in total. The molecule has 3 aromatic heterocycles. The molecule has 0 aromatic carbocycles. The van der Waals surface area contributed by atoms with Crippen molar-refractivity contribution in [1.82, 2.24) is 29.5 Å². The molecule has 0 fully saturated rings. The summed E-state index contributed by atoms with van der Waals surface area (Å²) < 4.78 is 2.98. The highest BCUT2D eigenvalue weighted by atomic mass is 32.1. The Hall–Kier alpha value is -2.09. The molecule has 3 heterocycles. The second-order valence-corrected chi connectivity index (χ2v) is 5.25. The average molecular weight is 262 g/mol. The first-order valence-corrected chi connectivity index (χ1v) is 6.13. The van der Waals surface area contributed by atoms with E-state index in [1.54, 1.807) is 24.6 Å². The fourth-order valence-corrected chi connectivity index (χ4v) is 2.47. The molecular weight excluding hydrogens is 252 g/mol. The quantitative estimate of drug-likeness (QED) is 0.665. The molecule has 0 unspecified atom stereocenters. The molecule has 7 nitrogen and oxygen atoms in total. The van der Waals surface area contributed by atoms with Crippen LogP contribution in [0.4, 0.5) is 0 Å². The maximum atomic E-state index is 12.1. The van der Waals surface area contributed by atoms with E-state index in [1.165, 1.54) is 15.6 Å². The van der Waals surface area contributed by atoms with Gasteiger partial charge in [-0.15, -0.1) is 16.4 Å². The van der Waals surface area contributed by atoms with Gasteiger partial charge in [0.1, 0.15) is 11.3 Å². The van der Waals surface area contributed by atoms with E-state index < -0.39 is 0 Å². The van der Waals surface area contributed by atoms with Crippen molar-refractivity contribution in [2.45, 2.75) is 13.5 Å². The zero-order chi connectivity index (χ0) is 12.7. The van der Waals surface area contributed by atoms with Crippen LogP contribution < -0.4 is 5.56 Å². The molecule has 3 aromatic rings. The zero-order valence-electron chi connectivity index (χ0n) is 9.86. The summed E-state index contributed by atoms with van der Waals surface area (Å²) in [5.74, 6) is 0. The fourth-order valence-electron chi connectivity index (χ4n) is 1.68. The number of aryl methyl sites for hydroxylation is 2. The number of hydrogen-bond acceptors (Lipinski definition) is 6. The van der Waals surface area contributed by atoms with Crippen molar-refractivity contribution >= 4 is 22.5 Å². The van der Waals surface area contributed by atoms with Crippen LogP contribution in [0.15, 0.2) is 17.3 Å². The summed E-state index contributed by atoms with van der Waals surface area (Å²) in [6.45, 7) is 2.39. The maximum Gasteiger partial charge on any atom is 0.283 e. The van der Waals surface area contributed by atoms with E-state index in [1.807, 2.05) is 6.92 Å². The Morgan fingerprint density at radius 1 is 1.39 bits per heavy atom. The van der Waals surface area contributed by atoms with Gasteiger partial charge in [0.25, 0.3) is 5.56 Å². The predicted molar refractivity (Wildman–Crippen MR) is 66.5 cm³/mol. The van der Waals surface area contributed by atoms with Gasteiger partial charge in [-0.25, -0.2) is 14.6 Å². The predicted octanol–water partition coefficient (Wildman–Crippen LogP) is 0.338. The summed E-state index contributed by atoms with van der Waals surface area (Å²) >= 11 is 1.56. The van der Waals surface area contributed by atoms with Crippen LogP contribution >= 0.6 is 11.3 Å². The SMILES string of the molecule is Cc1cnc(Cn2cnc3c(nnn3C)c2=O)s1. The Kier molecular flexibility index (Phi) is 2.44. The van der Waals surface area contributed by atoms with Crippen LogP contribution in [0.25, 0.3) is 11.2 Å². The molecule has 0 spiro atoms. The van der Waals surface area contributed by atoms with Gasteiger partial charge in [0.2, 0.25) is 0 Å². The van der Waals surface area contributed by atoms with E-state index in [-0.39, 0.29) is 11.1 Å². The second-order valence-electron chi connectivity index (χ2n) is 3.93. The first-order chi connectivity index (χ1) is 8.65. The van der Waals surface area contributed by atoms with Crippen molar-refractivity contribution in [3.05, 3.63) is 32.8 Å². The van der Waals surface area contributed by atoms with Gasteiger partial charge >= 0.3 is 0 Å². The van der Waals surface area contributed by atoms with Gasteiger partial charge in [-0.2, -0.15) is 0 Å². The van der Waals surface area contributed by atoms with Gasteiger partial charge in [-0.05, 0) is 6.92 Å². The van der Waals surface area contributed by atoms with Crippen LogP contribution in [0, 0.1) is 6.92 Å². The Labute approximate surface area is 106 Å². The molecule has 8 heteroatoms. The van der Waals surface area contributed by atoms with Gasteiger partial charge in [0.15, 0.2) is 11.2 Å². The lowest BCUT2D eigenvalue weighted by atomic mass is 10.5. The standard InChI is InChI=1S/C10H10N6OS/c1-6-3-11-7(18-6)4-16-5-12-9-8(10(16)17)13-14-15(9)2/h3,5H,4H2,1-2H3. The molecule has 18 heavy (non-hydrogen) atoms. The maximum absolute atomic E-state index is 12.1. The minimum atomic E-state index is -0.194. The lowest BCUT2D eigenvalue weighted by Gasteiger charge is -2.01. The second kappa shape index (κ2) is 3.98. The minimum Gasteiger partial charge on any atom is -0.290 e. The highest BCUT2D eigenvalue weighted by molar-refractivity contribution is 7.11. The van der Waals surface area contributed by atoms with E-state index in [0.29, 0.717) is 12.2 Å². The molecule has 92 valence electrons. The topological polar surface area (TPSA) is 78.5 Å². The molecule has 0 saturated carbocycles. The summed E-state index contributed by atoms with van der Waals surface area (Å²) in [5.41, 5.74) is 0.584. The Morgan fingerprint density at radius 2 is 2.22 bits per heavy atom. The third-order valence-electron chi connectivity index (χ3n) is 2.55. The van der Waals surface area contributed by atoms with Gasteiger partial charge < -0.3 is 0 Å². The van der Waals surface area contributed by atoms with Gasteiger partial charge in [0.05, 0.1) is 6.54 Å². The van der Waals surface area contributed by atoms with Crippen molar-refractivity contribution in [1.29, 1.82) is 0 Å². The van der Waals surface area contributed by atoms with Crippen molar-refractivity contribution in [2.75, 3.05) is 0 Å². The third-order valence-corrected chi connectivity index (χ3v) is 3.45. The van der Waals surface area contributed by atoms with Gasteiger partial charge in [-0.1, -0.05) is 5.21 Å². The molecule has 0 saturated heterocycles. The van der Waals surface area contributed by atoms with E-state index in [2.05, 4.69) is 20.3 Å². The average Bonchev–Trinajstić information content (AvgIpc) is 2.91. The number of fused-ring (bicyclic) bond motifs is 1. The highest BCUT2D eigenvalue weighted by Gasteiger charge is 2.10. The zero-order valence-corrected chi connectivity index (χ0v) is 10.7. The third kappa shape index (κ3) is 1.70. The van der Waals surface area contributed by atoms with E-state index in [9.17, 15) is 4.79 Å². The van der Waals surface area contributed by atoms with Crippen LogP contribution in [0.3, 0.4) is 0 Å². The molecule has 0 aliphatic carbocycles. The number of nitrogens with zero attached hydrogens (tertiary/aromatic N) is 6. The Balaban J connectivity index is 2.07. The molecule has 3 rings (SSSR count). The van der Waals surface area contributed by atoms with E-state index in [0.717, 1.165) is 9.88 Å². The Morgan fingerprint density at radius 3 is 2.94 bits per heavy atom. The first-order valence-electron chi connectivity index (χ1n) is 5.31. The van der Waals surface area contributed by atoms with Crippen LogP contribution in [-0.4, -0.2) is 29.5 Å². The first kappa shape index (κ1) is 11.0. The number of rotatable bonds is 2. The largest absolute Gasteiger partial charge is 0.290 e. The molecular formula is C10H10N6OS. The molecule has 0 radical (unpaired) electrons. The Bertz CT molecular complexity index is 770. The smallest absolute Gasteiger partial charge is 0.283 e. The van der Waals surface area contributed by atoms with Gasteiger partial charge in [-0.3, -0.25) is 9.36 Å². The van der Waals surface area contributed by atoms with Crippen LogP contribution in [-0.2, 0) is 13.6 Å². The molecule has 0 bridgehead atoms. The lowest BCUT2D eigenvalue weighted by molar-refractivity contribution is 0.723. The summed E-state index contributed by atoms with van der Waals surface area (Å²) in [6, 6.07) is 0. The fraction of sp³-hybridized carbons (Fsp3) is 0.300. The summed E-state index contributed by atoms with van der Waals surface area (Å²) in [5, 5.41) is 8.49. The summed E-state index contributed by atoms with van der Waals surface area (Å²) in [4.78, 5) is 21.7. The lowest BCUT2D eigenvalue weighted by Crippen LogP contribution is -2.21. The molecule has 0 aliphatic rings. The monoisotopic (exact) mass is 262 g/mol. The van der Waals surface area contributed by atoms with Gasteiger partial charge in [0, 0.05) is 18.1 Å². The van der Waals surface area contributed by atoms with Crippen molar-refractivity contribution < 1.29 is 0 Å². The normalized spacial score (nSPS) is 11.2. The number of hydrogen-bond donors (Lipinski definition) is 0. The van der Waals surface area contributed by atoms with Crippen molar-refractivity contribution in [3.8, 4) is 0 Å². The number of aromatic nitrogens is 6. The minimum absolute atomic E-state index is 0.194. The van der Waals surface area contributed by atoms with Crippen molar-refractivity contribution in [3.63, 3.8) is 0 Å². The van der Waals surface area contributed by atoms with Crippen LogP contribution in [0.5, 0.6) is 0 Å². The summed E-state index contributed by atoms with van der Waals surface area (Å²) in [7, 11) is 1.70. The summed E-state index contributed by atoms with van der Waals surface area (Å²) in [6.07, 6.45) is 3.30.